The molecule has 0 spiro atoms. The molecule has 1 aromatic rings. The van der Waals surface area contributed by atoms with Crippen molar-refractivity contribution in [2.45, 2.75) is 31.1 Å². The van der Waals surface area contributed by atoms with E-state index in [9.17, 15) is 4.79 Å². The van der Waals surface area contributed by atoms with Crippen molar-refractivity contribution in [3.8, 4) is 0 Å². The van der Waals surface area contributed by atoms with Crippen molar-refractivity contribution in [1.29, 1.82) is 0 Å². The van der Waals surface area contributed by atoms with Crippen LogP contribution in [0.3, 0.4) is 0 Å². The smallest absolute Gasteiger partial charge is 0.230 e. The number of carbonyl (C=O) groups excluding carboxylic acids is 1. The molecule has 19 heavy (non-hydrogen) atoms. The molecule has 1 rings (SSSR count). The van der Waals surface area contributed by atoms with Crippen LogP contribution in [0.2, 0.25) is 0 Å². The zero-order chi connectivity index (χ0) is 14.3. The van der Waals surface area contributed by atoms with E-state index in [0.29, 0.717) is 18.9 Å². The molecule has 0 aromatic heterocycles. The standard InChI is InChI=1S/C15H23NO2S/c1-15(2,3)12-5-7-13(8-6-12)19-11-14(17)16-9-10-18-4/h5-8H,9-11H2,1-4H3,(H,16,17). The lowest BCUT2D eigenvalue weighted by atomic mass is 9.87. The molecule has 1 amide bonds. The second-order valence-electron chi connectivity index (χ2n) is 5.41. The molecule has 0 fully saturated rings. The number of nitrogens with one attached hydrogen (secondary N) is 1. The highest BCUT2D eigenvalue weighted by molar-refractivity contribution is 8.00. The molecule has 1 N–H and O–H groups in total. The van der Waals surface area contributed by atoms with Gasteiger partial charge in [-0.2, -0.15) is 0 Å². The maximum Gasteiger partial charge on any atom is 0.230 e. The Hall–Kier alpha value is -1.00. The SMILES string of the molecule is COCCNC(=O)CSc1ccc(C(C)(C)C)cc1. The second-order valence-corrected chi connectivity index (χ2v) is 6.45. The molecular formula is C15H23NO2S. The average molecular weight is 281 g/mol. The Morgan fingerprint density at radius 1 is 1.26 bits per heavy atom. The van der Waals surface area contributed by atoms with Crippen LogP contribution in [0.25, 0.3) is 0 Å². The molecule has 0 bridgehead atoms. The summed E-state index contributed by atoms with van der Waals surface area (Å²) < 4.78 is 4.88. The number of rotatable bonds is 6. The Morgan fingerprint density at radius 3 is 2.42 bits per heavy atom. The van der Waals surface area contributed by atoms with E-state index < -0.39 is 0 Å². The van der Waals surface area contributed by atoms with E-state index in [1.54, 1.807) is 18.9 Å². The lowest BCUT2D eigenvalue weighted by Crippen LogP contribution is -2.28. The van der Waals surface area contributed by atoms with Gasteiger partial charge in [0.05, 0.1) is 12.4 Å². The van der Waals surface area contributed by atoms with E-state index in [2.05, 4.69) is 50.4 Å². The Bertz CT molecular complexity index is 396. The Labute approximate surface area is 120 Å². The van der Waals surface area contributed by atoms with Crippen LogP contribution in [-0.4, -0.2) is 31.9 Å². The number of hydrogen-bond acceptors (Lipinski definition) is 3. The zero-order valence-corrected chi connectivity index (χ0v) is 13.0. The van der Waals surface area contributed by atoms with Gasteiger partial charge >= 0.3 is 0 Å². The molecule has 1 aromatic carbocycles. The van der Waals surface area contributed by atoms with Gasteiger partial charge in [-0.15, -0.1) is 11.8 Å². The molecule has 0 aliphatic carbocycles. The fraction of sp³-hybridized carbons (Fsp3) is 0.533. The zero-order valence-electron chi connectivity index (χ0n) is 12.2. The van der Waals surface area contributed by atoms with E-state index in [1.165, 1.54) is 5.56 Å². The van der Waals surface area contributed by atoms with Crippen LogP contribution in [0.5, 0.6) is 0 Å². The van der Waals surface area contributed by atoms with Crippen molar-refractivity contribution >= 4 is 17.7 Å². The first-order chi connectivity index (χ1) is 8.93. The lowest BCUT2D eigenvalue weighted by molar-refractivity contribution is -0.118. The Morgan fingerprint density at radius 2 is 1.89 bits per heavy atom. The average Bonchev–Trinajstić information content (AvgIpc) is 2.36. The molecule has 4 heteroatoms. The van der Waals surface area contributed by atoms with Crippen LogP contribution in [-0.2, 0) is 14.9 Å². The third-order valence-electron chi connectivity index (χ3n) is 2.72. The van der Waals surface area contributed by atoms with Crippen LogP contribution < -0.4 is 5.32 Å². The summed E-state index contributed by atoms with van der Waals surface area (Å²) in [6.45, 7) is 7.70. The van der Waals surface area contributed by atoms with Crippen molar-refractivity contribution in [3.63, 3.8) is 0 Å². The third kappa shape index (κ3) is 6.12. The van der Waals surface area contributed by atoms with E-state index in [0.717, 1.165) is 4.90 Å². The van der Waals surface area contributed by atoms with Gasteiger partial charge in [0, 0.05) is 18.6 Å². The minimum Gasteiger partial charge on any atom is -0.383 e. The van der Waals surface area contributed by atoms with Gasteiger partial charge in [-0.1, -0.05) is 32.9 Å². The topological polar surface area (TPSA) is 38.3 Å². The highest BCUT2D eigenvalue weighted by atomic mass is 32.2. The van der Waals surface area contributed by atoms with Crippen LogP contribution in [0.1, 0.15) is 26.3 Å². The summed E-state index contributed by atoms with van der Waals surface area (Å²) in [6, 6.07) is 8.41. The summed E-state index contributed by atoms with van der Waals surface area (Å²) >= 11 is 1.55. The molecule has 0 aliphatic rings. The largest absolute Gasteiger partial charge is 0.383 e. The first-order valence-electron chi connectivity index (χ1n) is 6.42. The molecule has 0 radical (unpaired) electrons. The Kier molecular flexibility index (Phi) is 6.38. The Balaban J connectivity index is 2.40. The molecule has 0 saturated heterocycles. The molecule has 0 aliphatic heterocycles. The highest BCUT2D eigenvalue weighted by Gasteiger charge is 2.13. The third-order valence-corrected chi connectivity index (χ3v) is 3.73. The molecule has 106 valence electrons. The van der Waals surface area contributed by atoms with Crippen molar-refractivity contribution in [2.24, 2.45) is 0 Å². The first-order valence-corrected chi connectivity index (χ1v) is 7.41. The number of ether oxygens (including phenoxy) is 1. The van der Waals surface area contributed by atoms with Gasteiger partial charge in [0.15, 0.2) is 0 Å². The minimum absolute atomic E-state index is 0.0435. The van der Waals surface area contributed by atoms with E-state index in [4.69, 9.17) is 4.74 Å². The quantitative estimate of drug-likeness (QED) is 0.643. The van der Waals surface area contributed by atoms with Gasteiger partial charge in [-0.3, -0.25) is 4.79 Å². The summed E-state index contributed by atoms with van der Waals surface area (Å²) in [6.07, 6.45) is 0. The molecule has 0 heterocycles. The summed E-state index contributed by atoms with van der Waals surface area (Å²) in [7, 11) is 1.62. The molecule has 0 saturated carbocycles. The van der Waals surface area contributed by atoms with E-state index in [-0.39, 0.29) is 11.3 Å². The number of amides is 1. The van der Waals surface area contributed by atoms with E-state index >= 15 is 0 Å². The number of carbonyl (C=O) groups is 1. The highest BCUT2D eigenvalue weighted by Crippen LogP contribution is 2.25. The van der Waals surface area contributed by atoms with Crippen molar-refractivity contribution in [3.05, 3.63) is 29.8 Å². The number of methoxy groups -OCH3 is 1. The van der Waals surface area contributed by atoms with Crippen molar-refractivity contribution in [2.75, 3.05) is 26.0 Å². The van der Waals surface area contributed by atoms with Gasteiger partial charge in [0.2, 0.25) is 5.91 Å². The van der Waals surface area contributed by atoms with Gasteiger partial charge in [0.1, 0.15) is 0 Å². The summed E-state index contributed by atoms with van der Waals surface area (Å²) in [5.74, 6) is 0.487. The fourth-order valence-electron chi connectivity index (χ4n) is 1.54. The minimum atomic E-state index is 0.0435. The van der Waals surface area contributed by atoms with Gasteiger partial charge < -0.3 is 10.1 Å². The van der Waals surface area contributed by atoms with Crippen molar-refractivity contribution in [1.82, 2.24) is 5.32 Å². The number of thioether (sulfide) groups is 1. The maximum absolute atomic E-state index is 11.5. The summed E-state index contributed by atoms with van der Waals surface area (Å²) in [5, 5.41) is 2.80. The number of hydrogen-bond donors (Lipinski definition) is 1. The maximum atomic E-state index is 11.5. The van der Waals surface area contributed by atoms with Crippen molar-refractivity contribution < 1.29 is 9.53 Å². The molecular weight excluding hydrogens is 258 g/mol. The summed E-state index contributed by atoms with van der Waals surface area (Å²) in [4.78, 5) is 12.7. The van der Waals surface area contributed by atoms with Crippen LogP contribution in [0.4, 0.5) is 0 Å². The summed E-state index contributed by atoms with van der Waals surface area (Å²) in [5.41, 5.74) is 1.47. The van der Waals surface area contributed by atoms with Crippen LogP contribution in [0.15, 0.2) is 29.2 Å². The molecule has 0 unspecified atom stereocenters. The normalized spacial score (nSPS) is 11.4. The van der Waals surface area contributed by atoms with Gasteiger partial charge in [-0.05, 0) is 23.1 Å². The molecule has 0 atom stereocenters. The fourth-order valence-corrected chi connectivity index (χ4v) is 2.27. The predicted octanol–water partition coefficient (Wildman–Crippen LogP) is 2.84. The monoisotopic (exact) mass is 281 g/mol. The van der Waals surface area contributed by atoms with E-state index in [1.807, 2.05) is 0 Å². The van der Waals surface area contributed by atoms with Crippen LogP contribution in [0, 0.1) is 0 Å². The van der Waals surface area contributed by atoms with Gasteiger partial charge in [0.25, 0.3) is 0 Å². The lowest BCUT2D eigenvalue weighted by Gasteiger charge is -2.19. The first kappa shape index (κ1) is 16.1. The number of benzene rings is 1. The van der Waals surface area contributed by atoms with Crippen LogP contribution >= 0.6 is 11.8 Å². The molecule has 3 nitrogen and oxygen atoms in total. The second kappa shape index (κ2) is 7.56. The predicted molar refractivity (Wildman–Crippen MR) is 80.8 cm³/mol. The van der Waals surface area contributed by atoms with Gasteiger partial charge in [-0.25, -0.2) is 0 Å².